The van der Waals surface area contributed by atoms with Gasteiger partial charge in [-0.25, -0.2) is 4.98 Å². The van der Waals surface area contributed by atoms with Crippen LogP contribution in [-0.4, -0.2) is 50.2 Å². The molecule has 5 nitrogen and oxygen atoms in total. The van der Waals surface area contributed by atoms with Crippen LogP contribution in [0.15, 0.2) is 54.6 Å². The highest BCUT2D eigenvalue weighted by molar-refractivity contribution is 7.18. The summed E-state index contributed by atoms with van der Waals surface area (Å²) in [7, 11) is 3.87. The fourth-order valence-electron chi connectivity index (χ4n) is 3.93. The molecule has 0 amide bonds. The Morgan fingerprint density at radius 2 is 1.72 bits per heavy atom. The number of halogens is 2. The second-order valence-corrected chi connectivity index (χ2v) is 8.80. The van der Waals surface area contributed by atoms with Crippen LogP contribution in [0, 0.1) is 0 Å². The summed E-state index contributed by atoms with van der Waals surface area (Å²) in [6, 6.07) is 18.8. The Morgan fingerprint density at radius 3 is 2.50 bits per heavy atom. The Hall–Kier alpha value is -2.25. The van der Waals surface area contributed by atoms with E-state index in [4.69, 9.17) is 9.47 Å². The first kappa shape index (κ1) is 24.4. The maximum Gasteiger partial charge on any atom is 0.140 e. The number of hydrogen-bond donors (Lipinski definition) is 0. The lowest BCUT2D eigenvalue weighted by molar-refractivity contribution is 0.306. The average molecular weight is 492 g/mol. The molecule has 0 spiro atoms. The molecule has 1 aromatic heterocycles. The van der Waals surface area contributed by atoms with Crippen molar-refractivity contribution in [3.05, 3.63) is 59.6 Å². The van der Waals surface area contributed by atoms with Crippen LogP contribution in [0.25, 0.3) is 21.0 Å². The van der Waals surface area contributed by atoms with Gasteiger partial charge in [0.15, 0.2) is 0 Å². The van der Waals surface area contributed by atoms with Crippen LogP contribution in [0.4, 0.5) is 5.69 Å². The van der Waals surface area contributed by atoms with Crippen LogP contribution >= 0.6 is 36.2 Å². The van der Waals surface area contributed by atoms with Gasteiger partial charge < -0.3 is 19.3 Å². The van der Waals surface area contributed by atoms with E-state index in [2.05, 4.69) is 52.2 Å². The number of rotatable bonds is 5. The summed E-state index contributed by atoms with van der Waals surface area (Å²) < 4.78 is 12.6. The molecule has 0 saturated carbocycles. The quantitative estimate of drug-likeness (QED) is 0.361. The minimum absolute atomic E-state index is 0. The number of hydrogen-bond acceptors (Lipinski definition) is 6. The van der Waals surface area contributed by atoms with Crippen molar-refractivity contribution in [3.63, 3.8) is 0 Å². The van der Waals surface area contributed by atoms with Crippen molar-refractivity contribution in [2.75, 3.05) is 45.2 Å². The van der Waals surface area contributed by atoms with Gasteiger partial charge >= 0.3 is 0 Å². The number of anilines is 1. The van der Waals surface area contributed by atoms with Crippen LogP contribution in [-0.2, 0) is 6.61 Å². The van der Waals surface area contributed by atoms with Crippen molar-refractivity contribution < 1.29 is 9.47 Å². The summed E-state index contributed by atoms with van der Waals surface area (Å²) in [6.45, 7) is 4.75. The van der Waals surface area contributed by atoms with Crippen molar-refractivity contribution in [1.29, 1.82) is 0 Å². The van der Waals surface area contributed by atoms with Crippen molar-refractivity contribution in [2.45, 2.75) is 6.61 Å². The van der Waals surface area contributed by atoms with Gasteiger partial charge in [-0.3, -0.25) is 0 Å². The molecule has 0 unspecified atom stereocenters. The number of benzene rings is 3. The van der Waals surface area contributed by atoms with E-state index >= 15 is 0 Å². The van der Waals surface area contributed by atoms with Gasteiger partial charge in [-0.1, -0.05) is 18.2 Å². The van der Waals surface area contributed by atoms with E-state index < -0.39 is 0 Å². The minimum Gasteiger partial charge on any atom is -0.497 e. The summed E-state index contributed by atoms with van der Waals surface area (Å²) in [5.41, 5.74) is 2.27. The lowest BCUT2D eigenvalue weighted by atomic mass is 10.1. The summed E-state index contributed by atoms with van der Waals surface area (Å²) >= 11 is 1.65. The van der Waals surface area contributed by atoms with Crippen LogP contribution in [0.3, 0.4) is 0 Å². The number of likely N-dealkylation sites (N-methyl/N-ethyl adjacent to an activating group) is 1. The maximum absolute atomic E-state index is 6.14. The number of fused-ring (bicyclic) bond motifs is 2. The predicted molar refractivity (Wildman–Crippen MR) is 139 cm³/mol. The summed E-state index contributed by atoms with van der Waals surface area (Å²) in [5, 5.41) is 3.45. The van der Waals surface area contributed by atoms with E-state index in [-0.39, 0.29) is 24.8 Å². The molecule has 0 N–H and O–H groups in total. The Balaban J connectivity index is 0.00000144. The Bertz CT molecular complexity index is 1190. The third-order valence-corrected chi connectivity index (χ3v) is 6.67. The van der Waals surface area contributed by atoms with Crippen molar-refractivity contribution in [1.82, 2.24) is 9.88 Å². The zero-order valence-corrected chi connectivity index (χ0v) is 20.6. The first-order valence-electron chi connectivity index (χ1n) is 10.2. The van der Waals surface area contributed by atoms with Crippen molar-refractivity contribution in [3.8, 4) is 11.5 Å². The Labute approximate surface area is 204 Å². The number of aromatic nitrogens is 1. The monoisotopic (exact) mass is 491 g/mol. The van der Waals surface area contributed by atoms with E-state index in [0.717, 1.165) is 52.9 Å². The van der Waals surface area contributed by atoms with Gasteiger partial charge in [0.25, 0.3) is 0 Å². The molecule has 32 heavy (non-hydrogen) atoms. The highest BCUT2D eigenvalue weighted by Crippen LogP contribution is 2.32. The molecular weight excluding hydrogens is 465 g/mol. The number of nitrogens with zero attached hydrogens (tertiary/aromatic N) is 3. The highest BCUT2D eigenvalue weighted by Gasteiger charge is 2.16. The number of methoxy groups -OCH3 is 1. The van der Waals surface area contributed by atoms with Crippen LogP contribution < -0.4 is 14.4 Å². The molecule has 170 valence electrons. The standard InChI is InChI=1S/C24H25N3O2S.2ClH/c1-26-10-12-27(13-11-26)22-5-3-4-17-6-7-19(14-20(17)22)29-16-24-25-21-9-8-18(28-2)15-23(21)30-24;;/h3-9,14-15H,10-13,16H2,1-2H3;2*1H. The molecule has 3 aromatic carbocycles. The first-order valence-corrected chi connectivity index (χ1v) is 11.0. The fourth-order valence-corrected chi connectivity index (χ4v) is 4.84. The van der Waals surface area contributed by atoms with Crippen molar-refractivity contribution >= 4 is 62.8 Å². The van der Waals surface area contributed by atoms with Gasteiger partial charge in [-0.15, -0.1) is 36.2 Å². The molecule has 1 fully saturated rings. The molecule has 5 rings (SSSR count). The van der Waals surface area contributed by atoms with Gasteiger partial charge in [0.2, 0.25) is 0 Å². The normalized spacial score (nSPS) is 14.1. The smallest absolute Gasteiger partial charge is 0.140 e. The van der Waals surface area contributed by atoms with E-state index in [0.29, 0.717) is 6.61 Å². The lowest BCUT2D eigenvalue weighted by Crippen LogP contribution is -2.44. The largest absolute Gasteiger partial charge is 0.497 e. The van der Waals surface area contributed by atoms with Gasteiger partial charge in [-0.05, 0) is 48.8 Å². The topological polar surface area (TPSA) is 37.8 Å². The first-order chi connectivity index (χ1) is 14.7. The average Bonchev–Trinajstić information content (AvgIpc) is 3.20. The summed E-state index contributed by atoms with van der Waals surface area (Å²) in [6.07, 6.45) is 0. The molecule has 1 aliphatic heterocycles. The second kappa shape index (κ2) is 10.6. The van der Waals surface area contributed by atoms with E-state index in [9.17, 15) is 0 Å². The zero-order valence-electron chi connectivity index (χ0n) is 18.1. The van der Waals surface area contributed by atoms with Crippen LogP contribution in [0.2, 0.25) is 0 Å². The summed E-state index contributed by atoms with van der Waals surface area (Å²) in [5.74, 6) is 1.73. The molecule has 0 atom stereocenters. The number of ether oxygens (including phenoxy) is 2. The van der Waals surface area contributed by atoms with Gasteiger partial charge in [-0.2, -0.15) is 0 Å². The Kier molecular flexibility index (Phi) is 8.06. The molecule has 2 heterocycles. The SMILES string of the molecule is COc1ccc2nc(COc3ccc4cccc(N5CCN(C)CC5)c4c3)sc2c1.Cl.Cl. The van der Waals surface area contributed by atoms with E-state index in [1.165, 1.54) is 16.5 Å². The molecule has 4 aromatic rings. The molecule has 1 saturated heterocycles. The van der Waals surface area contributed by atoms with E-state index in [1.54, 1.807) is 18.4 Å². The molecule has 0 bridgehead atoms. The number of thiazole rings is 1. The Morgan fingerprint density at radius 1 is 0.938 bits per heavy atom. The fraction of sp³-hybridized carbons (Fsp3) is 0.292. The molecule has 8 heteroatoms. The molecular formula is C24H27Cl2N3O2S. The molecule has 0 radical (unpaired) electrons. The third-order valence-electron chi connectivity index (χ3n) is 5.68. The lowest BCUT2D eigenvalue weighted by Gasteiger charge is -2.34. The van der Waals surface area contributed by atoms with Gasteiger partial charge in [0.05, 0.1) is 17.3 Å². The highest BCUT2D eigenvalue weighted by atomic mass is 35.5. The van der Waals surface area contributed by atoms with Gasteiger partial charge in [0, 0.05) is 37.3 Å². The van der Waals surface area contributed by atoms with Crippen LogP contribution in [0.5, 0.6) is 11.5 Å². The van der Waals surface area contributed by atoms with Crippen LogP contribution in [0.1, 0.15) is 5.01 Å². The number of piperazine rings is 1. The summed E-state index contributed by atoms with van der Waals surface area (Å²) in [4.78, 5) is 9.55. The van der Waals surface area contributed by atoms with E-state index in [1.807, 2.05) is 24.3 Å². The minimum atomic E-state index is 0. The predicted octanol–water partition coefficient (Wildman–Crippen LogP) is 5.63. The second-order valence-electron chi connectivity index (χ2n) is 7.68. The maximum atomic E-state index is 6.14. The molecule has 1 aliphatic rings. The third kappa shape index (κ3) is 5.04. The van der Waals surface area contributed by atoms with Gasteiger partial charge in [0.1, 0.15) is 23.1 Å². The van der Waals surface area contributed by atoms with Crippen molar-refractivity contribution in [2.24, 2.45) is 0 Å². The zero-order chi connectivity index (χ0) is 20.5. The molecule has 0 aliphatic carbocycles.